The van der Waals surface area contributed by atoms with Gasteiger partial charge >= 0.3 is 0 Å². The summed E-state index contributed by atoms with van der Waals surface area (Å²) in [6.45, 7) is 3.80. The molecule has 2 aromatic carbocycles. The highest BCUT2D eigenvalue weighted by Crippen LogP contribution is 2.33. The van der Waals surface area contributed by atoms with E-state index in [9.17, 15) is 10.5 Å². The van der Waals surface area contributed by atoms with Gasteiger partial charge in [-0.05, 0) is 42.5 Å². The van der Waals surface area contributed by atoms with Gasteiger partial charge in [0.15, 0.2) is 0 Å². The molecule has 4 rings (SSSR count). The van der Waals surface area contributed by atoms with Gasteiger partial charge in [-0.3, -0.25) is 9.80 Å². The highest BCUT2D eigenvalue weighted by atomic mass is 15.3. The molecule has 0 N–H and O–H groups in total. The van der Waals surface area contributed by atoms with E-state index in [1.54, 1.807) is 0 Å². The van der Waals surface area contributed by atoms with E-state index in [1.807, 2.05) is 36.4 Å². The van der Waals surface area contributed by atoms with Crippen molar-refractivity contribution in [3.8, 4) is 12.1 Å². The number of hydrogen-bond acceptors (Lipinski definition) is 4. The lowest BCUT2D eigenvalue weighted by Gasteiger charge is -2.29. The van der Waals surface area contributed by atoms with Crippen molar-refractivity contribution in [1.82, 2.24) is 9.80 Å². The maximum Gasteiger partial charge on any atom is 0.0995 e. The van der Waals surface area contributed by atoms with Crippen LogP contribution in [-0.4, -0.2) is 35.0 Å². The molecule has 1 heterocycles. The van der Waals surface area contributed by atoms with Gasteiger partial charge in [-0.1, -0.05) is 36.4 Å². The van der Waals surface area contributed by atoms with Crippen LogP contribution in [0.15, 0.2) is 48.5 Å². The van der Waals surface area contributed by atoms with Gasteiger partial charge in [-0.25, -0.2) is 0 Å². The Labute approximate surface area is 161 Å². The van der Waals surface area contributed by atoms with Crippen LogP contribution in [0.1, 0.15) is 41.5 Å². The molecule has 0 amide bonds. The monoisotopic (exact) mass is 356 g/mol. The Balaban J connectivity index is 1.45. The molecule has 1 aliphatic heterocycles. The fraction of sp³-hybridized carbons (Fsp3) is 0.391. The number of benzene rings is 2. The third kappa shape index (κ3) is 4.03. The van der Waals surface area contributed by atoms with E-state index in [1.165, 1.54) is 12.8 Å². The van der Waals surface area contributed by atoms with Crippen LogP contribution in [0.2, 0.25) is 0 Å². The van der Waals surface area contributed by atoms with Crippen LogP contribution in [0, 0.1) is 22.7 Å². The zero-order valence-electron chi connectivity index (χ0n) is 15.5. The standard InChI is InChI=1S/C23H24N4/c24-13-18-5-1-3-7-20(18)15-26-12-11-23(17-26)27(22-9-10-22)16-21-8-4-2-6-19(21)14-25/h1-8,22-23H,9-12,15-17H2. The third-order valence-corrected chi connectivity index (χ3v) is 5.75. The molecule has 1 aliphatic carbocycles. The molecule has 2 fully saturated rings. The summed E-state index contributed by atoms with van der Waals surface area (Å²) in [7, 11) is 0. The number of hydrogen-bond donors (Lipinski definition) is 0. The van der Waals surface area contributed by atoms with Gasteiger partial charge < -0.3 is 0 Å². The fourth-order valence-corrected chi connectivity index (χ4v) is 4.16. The minimum absolute atomic E-state index is 0.526. The smallest absolute Gasteiger partial charge is 0.0995 e. The molecule has 0 radical (unpaired) electrons. The number of nitriles is 2. The number of rotatable bonds is 6. The molecule has 2 aromatic rings. The Bertz CT molecular complexity index is 888. The van der Waals surface area contributed by atoms with E-state index in [0.29, 0.717) is 12.1 Å². The van der Waals surface area contributed by atoms with E-state index in [-0.39, 0.29) is 0 Å². The topological polar surface area (TPSA) is 54.1 Å². The maximum absolute atomic E-state index is 9.40. The molecule has 0 aromatic heterocycles. The van der Waals surface area contributed by atoms with Crippen LogP contribution in [-0.2, 0) is 13.1 Å². The SMILES string of the molecule is N#Cc1ccccc1CN1CCC(N(Cc2ccccc2C#N)C2CC2)C1. The fourth-order valence-electron chi connectivity index (χ4n) is 4.16. The van der Waals surface area contributed by atoms with Crippen molar-refractivity contribution < 1.29 is 0 Å². The molecule has 4 heteroatoms. The molecular weight excluding hydrogens is 332 g/mol. The molecule has 2 aliphatic rings. The first-order chi connectivity index (χ1) is 13.3. The predicted octanol–water partition coefficient (Wildman–Crippen LogP) is 3.67. The molecule has 4 nitrogen and oxygen atoms in total. The van der Waals surface area contributed by atoms with Crippen molar-refractivity contribution in [2.45, 2.75) is 44.4 Å². The van der Waals surface area contributed by atoms with Crippen molar-refractivity contribution in [2.75, 3.05) is 13.1 Å². The van der Waals surface area contributed by atoms with Gasteiger partial charge in [0.1, 0.15) is 0 Å². The Hall–Kier alpha value is -2.66. The van der Waals surface area contributed by atoms with E-state index in [0.717, 1.165) is 54.9 Å². The van der Waals surface area contributed by atoms with Gasteiger partial charge in [-0.15, -0.1) is 0 Å². The number of nitrogens with zero attached hydrogens (tertiary/aromatic N) is 4. The summed E-state index contributed by atoms with van der Waals surface area (Å²) >= 11 is 0. The van der Waals surface area contributed by atoms with Crippen molar-refractivity contribution in [3.63, 3.8) is 0 Å². The van der Waals surface area contributed by atoms with Gasteiger partial charge in [-0.2, -0.15) is 10.5 Å². The van der Waals surface area contributed by atoms with Crippen LogP contribution in [0.5, 0.6) is 0 Å². The molecule has 1 saturated carbocycles. The van der Waals surface area contributed by atoms with Gasteiger partial charge in [0.2, 0.25) is 0 Å². The summed E-state index contributed by atoms with van der Waals surface area (Å²) in [4.78, 5) is 5.08. The Morgan fingerprint density at radius 3 is 2.15 bits per heavy atom. The largest absolute Gasteiger partial charge is 0.297 e. The molecule has 1 saturated heterocycles. The summed E-state index contributed by atoms with van der Waals surface area (Å²) in [5.41, 5.74) is 3.83. The Kier molecular flexibility index (Phi) is 5.21. The molecule has 136 valence electrons. The van der Waals surface area contributed by atoms with Gasteiger partial charge in [0.25, 0.3) is 0 Å². The maximum atomic E-state index is 9.40. The lowest BCUT2D eigenvalue weighted by atomic mass is 10.1. The van der Waals surface area contributed by atoms with Crippen LogP contribution in [0.4, 0.5) is 0 Å². The van der Waals surface area contributed by atoms with Crippen molar-refractivity contribution >= 4 is 0 Å². The molecular formula is C23H24N4. The average molecular weight is 356 g/mol. The van der Waals surface area contributed by atoms with E-state index >= 15 is 0 Å². The lowest BCUT2D eigenvalue weighted by Crippen LogP contribution is -2.38. The molecule has 0 spiro atoms. The second-order valence-corrected chi connectivity index (χ2v) is 7.62. The highest BCUT2D eigenvalue weighted by molar-refractivity contribution is 5.38. The highest BCUT2D eigenvalue weighted by Gasteiger charge is 2.37. The van der Waals surface area contributed by atoms with Crippen molar-refractivity contribution in [1.29, 1.82) is 10.5 Å². The molecule has 27 heavy (non-hydrogen) atoms. The van der Waals surface area contributed by atoms with E-state index < -0.39 is 0 Å². The first-order valence-electron chi connectivity index (χ1n) is 9.72. The van der Waals surface area contributed by atoms with Crippen molar-refractivity contribution in [3.05, 3.63) is 70.8 Å². The molecule has 1 atom stereocenters. The molecule has 1 unspecified atom stereocenters. The summed E-state index contributed by atoms with van der Waals surface area (Å²) < 4.78 is 0. The average Bonchev–Trinajstić information content (AvgIpc) is 3.45. The summed E-state index contributed by atoms with van der Waals surface area (Å²) in [5.74, 6) is 0. The lowest BCUT2D eigenvalue weighted by molar-refractivity contribution is 0.173. The van der Waals surface area contributed by atoms with Gasteiger partial charge in [0.05, 0.1) is 23.3 Å². The first-order valence-corrected chi connectivity index (χ1v) is 9.72. The number of likely N-dealkylation sites (tertiary alicyclic amines) is 1. The van der Waals surface area contributed by atoms with Gasteiger partial charge in [0, 0.05) is 38.3 Å². The molecule has 0 bridgehead atoms. The summed E-state index contributed by atoms with van der Waals surface area (Å²) in [5, 5.41) is 18.7. The van der Waals surface area contributed by atoms with Crippen LogP contribution < -0.4 is 0 Å². The predicted molar refractivity (Wildman–Crippen MR) is 105 cm³/mol. The quantitative estimate of drug-likeness (QED) is 0.792. The Morgan fingerprint density at radius 1 is 0.852 bits per heavy atom. The summed E-state index contributed by atoms with van der Waals surface area (Å²) in [6, 6.07) is 21.7. The zero-order chi connectivity index (χ0) is 18.6. The van der Waals surface area contributed by atoms with E-state index in [2.05, 4.69) is 34.1 Å². The van der Waals surface area contributed by atoms with E-state index in [4.69, 9.17) is 0 Å². The van der Waals surface area contributed by atoms with Crippen LogP contribution >= 0.6 is 0 Å². The normalized spacial score (nSPS) is 19.7. The zero-order valence-corrected chi connectivity index (χ0v) is 15.5. The summed E-state index contributed by atoms with van der Waals surface area (Å²) in [6.07, 6.45) is 3.69. The third-order valence-electron chi connectivity index (χ3n) is 5.75. The van der Waals surface area contributed by atoms with Crippen molar-refractivity contribution in [2.24, 2.45) is 0 Å². The van der Waals surface area contributed by atoms with Crippen LogP contribution in [0.3, 0.4) is 0 Å². The Morgan fingerprint density at radius 2 is 1.48 bits per heavy atom. The van der Waals surface area contributed by atoms with Crippen LogP contribution in [0.25, 0.3) is 0 Å². The first kappa shape index (κ1) is 17.7. The second kappa shape index (κ2) is 7.92. The minimum Gasteiger partial charge on any atom is -0.297 e. The second-order valence-electron chi connectivity index (χ2n) is 7.62. The minimum atomic E-state index is 0.526.